The van der Waals surface area contributed by atoms with Gasteiger partial charge in [0.05, 0.1) is 6.61 Å². The SMILES string of the molecule is CCC(CO)(CCCN1CCC(C)C(C)C1)NC. The summed E-state index contributed by atoms with van der Waals surface area (Å²) in [5, 5.41) is 12.8. The summed E-state index contributed by atoms with van der Waals surface area (Å²) in [6.07, 6.45) is 4.58. The van der Waals surface area contributed by atoms with Crippen LogP contribution in [0.4, 0.5) is 0 Å². The molecule has 0 bridgehead atoms. The van der Waals surface area contributed by atoms with E-state index in [1.165, 1.54) is 32.5 Å². The minimum Gasteiger partial charge on any atom is -0.394 e. The van der Waals surface area contributed by atoms with E-state index >= 15 is 0 Å². The molecule has 0 amide bonds. The Hall–Kier alpha value is -0.120. The highest BCUT2D eigenvalue weighted by Crippen LogP contribution is 2.23. The molecule has 18 heavy (non-hydrogen) atoms. The first-order valence-electron chi connectivity index (χ1n) is 7.59. The second-order valence-electron chi connectivity index (χ2n) is 6.19. The molecule has 0 radical (unpaired) electrons. The van der Waals surface area contributed by atoms with Crippen molar-refractivity contribution < 1.29 is 5.11 Å². The molecular weight excluding hydrogens is 224 g/mol. The monoisotopic (exact) mass is 256 g/mol. The first kappa shape index (κ1) is 15.9. The Morgan fingerprint density at radius 2 is 2.06 bits per heavy atom. The van der Waals surface area contributed by atoms with Crippen LogP contribution in [0.3, 0.4) is 0 Å². The fraction of sp³-hybridized carbons (Fsp3) is 1.00. The highest BCUT2D eigenvalue weighted by molar-refractivity contribution is 4.85. The van der Waals surface area contributed by atoms with Gasteiger partial charge in [-0.1, -0.05) is 20.8 Å². The van der Waals surface area contributed by atoms with Crippen molar-refractivity contribution in [2.45, 2.75) is 52.0 Å². The summed E-state index contributed by atoms with van der Waals surface area (Å²) < 4.78 is 0. The summed E-state index contributed by atoms with van der Waals surface area (Å²) in [6, 6.07) is 0. The number of hydrogen-bond donors (Lipinski definition) is 2. The maximum absolute atomic E-state index is 9.51. The quantitative estimate of drug-likeness (QED) is 0.732. The number of nitrogens with zero attached hydrogens (tertiary/aromatic N) is 1. The number of rotatable bonds is 7. The highest BCUT2D eigenvalue weighted by Gasteiger charge is 2.26. The second-order valence-corrected chi connectivity index (χ2v) is 6.19. The van der Waals surface area contributed by atoms with Gasteiger partial charge >= 0.3 is 0 Å². The molecule has 0 aromatic heterocycles. The van der Waals surface area contributed by atoms with Gasteiger partial charge in [-0.3, -0.25) is 0 Å². The van der Waals surface area contributed by atoms with Crippen molar-refractivity contribution >= 4 is 0 Å². The van der Waals surface area contributed by atoms with Gasteiger partial charge in [0.2, 0.25) is 0 Å². The van der Waals surface area contributed by atoms with Crippen LogP contribution < -0.4 is 5.32 Å². The predicted molar refractivity (Wildman–Crippen MR) is 77.8 cm³/mol. The second kappa shape index (κ2) is 7.46. The van der Waals surface area contributed by atoms with Gasteiger partial charge in [0.25, 0.3) is 0 Å². The Morgan fingerprint density at radius 1 is 1.33 bits per heavy atom. The van der Waals surface area contributed by atoms with Crippen LogP contribution in [0, 0.1) is 11.8 Å². The normalized spacial score (nSPS) is 29.2. The first-order valence-corrected chi connectivity index (χ1v) is 7.59. The molecule has 3 unspecified atom stereocenters. The number of aliphatic hydroxyl groups is 1. The summed E-state index contributed by atoms with van der Waals surface area (Å²) in [5.74, 6) is 1.71. The fourth-order valence-corrected chi connectivity index (χ4v) is 2.94. The van der Waals surface area contributed by atoms with Crippen LogP contribution in [-0.2, 0) is 0 Å². The topological polar surface area (TPSA) is 35.5 Å². The Kier molecular flexibility index (Phi) is 6.61. The van der Waals surface area contributed by atoms with Crippen LogP contribution in [0.25, 0.3) is 0 Å². The number of likely N-dealkylation sites (tertiary alicyclic amines) is 1. The van der Waals surface area contributed by atoms with Gasteiger partial charge in [0, 0.05) is 12.1 Å². The largest absolute Gasteiger partial charge is 0.394 e. The van der Waals surface area contributed by atoms with Crippen molar-refractivity contribution in [1.82, 2.24) is 10.2 Å². The summed E-state index contributed by atoms with van der Waals surface area (Å²) in [7, 11) is 1.96. The number of likely N-dealkylation sites (N-methyl/N-ethyl adjacent to an activating group) is 1. The van der Waals surface area contributed by atoms with Gasteiger partial charge in [-0.2, -0.15) is 0 Å². The Bertz CT molecular complexity index is 220. The molecule has 1 aliphatic heterocycles. The predicted octanol–water partition coefficient (Wildman–Crippen LogP) is 2.10. The summed E-state index contributed by atoms with van der Waals surface area (Å²) in [6.45, 7) is 10.8. The molecule has 0 aliphatic carbocycles. The minimum atomic E-state index is -0.0608. The lowest BCUT2D eigenvalue weighted by atomic mass is 9.88. The van der Waals surface area contributed by atoms with Crippen LogP contribution >= 0.6 is 0 Å². The number of aliphatic hydroxyl groups excluding tert-OH is 1. The Labute approximate surface area is 113 Å². The lowest BCUT2D eigenvalue weighted by Gasteiger charge is -2.36. The minimum absolute atomic E-state index is 0.0608. The van der Waals surface area contributed by atoms with Crippen molar-refractivity contribution in [1.29, 1.82) is 0 Å². The van der Waals surface area contributed by atoms with Gasteiger partial charge < -0.3 is 15.3 Å². The zero-order valence-corrected chi connectivity index (χ0v) is 12.7. The van der Waals surface area contributed by atoms with Gasteiger partial charge in [0.1, 0.15) is 0 Å². The van der Waals surface area contributed by atoms with Crippen molar-refractivity contribution in [3.05, 3.63) is 0 Å². The lowest BCUT2D eigenvalue weighted by Crippen LogP contribution is -2.46. The zero-order chi connectivity index (χ0) is 13.6. The molecule has 1 saturated heterocycles. The van der Waals surface area contributed by atoms with E-state index in [0.717, 1.165) is 24.7 Å². The van der Waals surface area contributed by atoms with E-state index in [9.17, 15) is 5.11 Å². The van der Waals surface area contributed by atoms with E-state index in [1.54, 1.807) is 0 Å². The van der Waals surface area contributed by atoms with Gasteiger partial charge in [-0.25, -0.2) is 0 Å². The van der Waals surface area contributed by atoms with Gasteiger partial charge in [-0.15, -0.1) is 0 Å². The molecule has 1 heterocycles. The van der Waals surface area contributed by atoms with E-state index in [0.29, 0.717) is 0 Å². The van der Waals surface area contributed by atoms with E-state index < -0.39 is 0 Å². The Balaban J connectivity index is 2.29. The molecular formula is C15H32N2O. The Morgan fingerprint density at radius 3 is 2.56 bits per heavy atom. The molecule has 3 heteroatoms. The molecule has 1 fully saturated rings. The summed E-state index contributed by atoms with van der Waals surface area (Å²) >= 11 is 0. The van der Waals surface area contributed by atoms with Crippen molar-refractivity contribution in [2.75, 3.05) is 33.3 Å². The van der Waals surface area contributed by atoms with Crippen LogP contribution in [0.5, 0.6) is 0 Å². The average Bonchev–Trinajstić information content (AvgIpc) is 2.39. The standard InChI is InChI=1S/C15H32N2O/c1-5-15(12-18,16-4)8-6-9-17-10-7-13(2)14(3)11-17/h13-14,16,18H,5-12H2,1-4H3. The molecule has 108 valence electrons. The maximum atomic E-state index is 9.51. The third-order valence-electron chi connectivity index (χ3n) is 5.06. The summed E-state index contributed by atoms with van der Waals surface area (Å²) in [5.41, 5.74) is -0.0608. The van der Waals surface area contributed by atoms with E-state index in [4.69, 9.17) is 0 Å². The third kappa shape index (κ3) is 4.22. The van der Waals surface area contributed by atoms with Crippen molar-refractivity contribution in [2.24, 2.45) is 11.8 Å². The van der Waals surface area contributed by atoms with Crippen LogP contribution in [0.1, 0.15) is 46.5 Å². The van der Waals surface area contributed by atoms with Crippen LogP contribution in [0.2, 0.25) is 0 Å². The van der Waals surface area contributed by atoms with Crippen molar-refractivity contribution in [3.63, 3.8) is 0 Å². The van der Waals surface area contributed by atoms with Crippen LogP contribution in [-0.4, -0.2) is 48.8 Å². The van der Waals surface area contributed by atoms with Crippen LogP contribution in [0.15, 0.2) is 0 Å². The molecule has 3 atom stereocenters. The molecule has 1 rings (SSSR count). The van der Waals surface area contributed by atoms with E-state index in [1.807, 2.05) is 7.05 Å². The number of piperidine rings is 1. The highest BCUT2D eigenvalue weighted by atomic mass is 16.3. The third-order valence-corrected chi connectivity index (χ3v) is 5.06. The molecule has 0 saturated carbocycles. The summed E-state index contributed by atoms with van der Waals surface area (Å²) in [4.78, 5) is 2.60. The van der Waals surface area contributed by atoms with Gasteiger partial charge in [-0.05, 0) is 57.7 Å². The molecule has 0 aromatic carbocycles. The molecule has 3 nitrogen and oxygen atoms in total. The number of hydrogen-bond acceptors (Lipinski definition) is 3. The maximum Gasteiger partial charge on any atom is 0.0613 e. The smallest absolute Gasteiger partial charge is 0.0613 e. The molecule has 0 aromatic rings. The average molecular weight is 256 g/mol. The lowest BCUT2D eigenvalue weighted by molar-refractivity contribution is 0.119. The first-order chi connectivity index (χ1) is 8.56. The fourth-order valence-electron chi connectivity index (χ4n) is 2.94. The van der Waals surface area contributed by atoms with Gasteiger partial charge in [0.15, 0.2) is 0 Å². The number of nitrogens with one attached hydrogen (secondary N) is 1. The molecule has 2 N–H and O–H groups in total. The van der Waals surface area contributed by atoms with E-state index in [2.05, 4.69) is 31.0 Å². The van der Waals surface area contributed by atoms with Crippen molar-refractivity contribution in [3.8, 4) is 0 Å². The molecule has 1 aliphatic rings. The molecule has 0 spiro atoms. The zero-order valence-electron chi connectivity index (χ0n) is 12.7. The van der Waals surface area contributed by atoms with E-state index in [-0.39, 0.29) is 12.1 Å².